The minimum absolute atomic E-state index is 0.348. The Labute approximate surface area is 110 Å². The van der Waals surface area contributed by atoms with E-state index in [0.29, 0.717) is 0 Å². The zero-order valence-corrected chi connectivity index (χ0v) is 11.8. The normalized spacial score (nSPS) is 14.5. The summed E-state index contributed by atoms with van der Waals surface area (Å²) in [5.41, 5.74) is 2.23. The number of nitrogens with zero attached hydrogens (tertiary/aromatic N) is 2. The quantitative estimate of drug-likeness (QED) is 0.844. The van der Waals surface area contributed by atoms with E-state index in [1.165, 1.54) is 10.3 Å². The Morgan fingerprint density at radius 1 is 1.53 bits per heavy atom. The van der Waals surface area contributed by atoms with Crippen molar-refractivity contribution in [3.05, 3.63) is 28.8 Å². The van der Waals surface area contributed by atoms with Crippen LogP contribution in [0.2, 0.25) is 0 Å². The van der Waals surface area contributed by atoms with Crippen molar-refractivity contribution in [2.75, 3.05) is 6.26 Å². The number of rotatable bonds is 3. The number of benzene rings is 1. The lowest BCUT2D eigenvalue weighted by molar-refractivity contribution is 0.799. The first-order valence-corrected chi connectivity index (χ1v) is 7.43. The number of aryl methyl sites for hydroxylation is 1. The van der Waals surface area contributed by atoms with Crippen LogP contribution in [0.4, 0.5) is 0 Å². The summed E-state index contributed by atoms with van der Waals surface area (Å²) in [4.78, 5) is 4.48. The molecule has 4 heteroatoms. The molecule has 0 saturated heterocycles. The third-order valence-corrected chi connectivity index (χ3v) is 4.88. The fourth-order valence-electron chi connectivity index (χ4n) is 1.75. The highest BCUT2D eigenvalue weighted by Crippen LogP contribution is 2.28. The van der Waals surface area contributed by atoms with E-state index >= 15 is 0 Å². The minimum Gasteiger partial charge on any atom is -0.242 e. The van der Waals surface area contributed by atoms with E-state index in [9.17, 15) is 5.26 Å². The van der Waals surface area contributed by atoms with Crippen molar-refractivity contribution < 1.29 is 0 Å². The van der Waals surface area contributed by atoms with Crippen molar-refractivity contribution in [1.82, 2.24) is 4.98 Å². The molecule has 0 N–H and O–H groups in total. The van der Waals surface area contributed by atoms with Crippen LogP contribution in [0, 0.1) is 18.3 Å². The summed E-state index contributed by atoms with van der Waals surface area (Å²) in [6.45, 7) is 4.00. The molecule has 2 rings (SSSR count). The van der Waals surface area contributed by atoms with Crippen LogP contribution in [0.1, 0.15) is 17.5 Å². The number of hydrogen-bond acceptors (Lipinski definition) is 4. The molecular formula is C13H14N2S2. The molecule has 0 aliphatic carbocycles. The van der Waals surface area contributed by atoms with Gasteiger partial charge in [-0.1, -0.05) is 6.07 Å². The van der Waals surface area contributed by atoms with Gasteiger partial charge in [0.15, 0.2) is 0 Å². The molecule has 1 aromatic heterocycles. The molecule has 2 nitrogen and oxygen atoms in total. The molecule has 2 aromatic rings. The van der Waals surface area contributed by atoms with E-state index in [-0.39, 0.29) is 4.75 Å². The van der Waals surface area contributed by atoms with Crippen LogP contribution in [0.15, 0.2) is 18.2 Å². The molecular weight excluding hydrogens is 248 g/mol. The lowest BCUT2D eigenvalue weighted by Crippen LogP contribution is -2.20. The molecule has 1 atom stereocenters. The summed E-state index contributed by atoms with van der Waals surface area (Å²) < 4.78 is 0.868. The van der Waals surface area contributed by atoms with E-state index < -0.39 is 0 Å². The molecule has 0 bridgehead atoms. The highest BCUT2D eigenvalue weighted by atomic mass is 32.2. The van der Waals surface area contributed by atoms with Gasteiger partial charge in [-0.25, -0.2) is 4.98 Å². The van der Waals surface area contributed by atoms with Gasteiger partial charge in [0.25, 0.3) is 0 Å². The van der Waals surface area contributed by atoms with Crippen LogP contribution in [-0.4, -0.2) is 16.0 Å². The average Bonchev–Trinajstić information content (AvgIpc) is 2.68. The summed E-state index contributed by atoms with van der Waals surface area (Å²) in [6.07, 6.45) is 2.74. The Morgan fingerprint density at radius 3 is 2.94 bits per heavy atom. The second-order valence-corrected chi connectivity index (χ2v) is 6.80. The molecule has 88 valence electrons. The first-order valence-electron chi connectivity index (χ1n) is 5.39. The standard InChI is InChI=1S/C13H14N2S2/c1-9-15-11-6-10(4-5-12(11)17-9)7-13(2,8-14)16-3/h4-6H,7H2,1-3H3. The second-order valence-electron chi connectivity index (χ2n) is 4.26. The SMILES string of the molecule is CSC(C)(C#N)Cc1ccc2sc(C)nc2c1. The van der Waals surface area contributed by atoms with Crippen LogP contribution in [0.3, 0.4) is 0 Å². The first kappa shape index (κ1) is 12.4. The van der Waals surface area contributed by atoms with Crippen LogP contribution < -0.4 is 0 Å². The number of thioether (sulfide) groups is 1. The highest BCUT2D eigenvalue weighted by Gasteiger charge is 2.22. The molecule has 0 spiro atoms. The van der Waals surface area contributed by atoms with Crippen LogP contribution in [0.5, 0.6) is 0 Å². The molecule has 0 aliphatic heterocycles. The maximum Gasteiger partial charge on any atom is 0.103 e. The van der Waals surface area contributed by atoms with Gasteiger partial charge in [-0.2, -0.15) is 5.26 Å². The Bertz CT molecular complexity index is 583. The van der Waals surface area contributed by atoms with E-state index in [2.05, 4.69) is 29.3 Å². The fraction of sp³-hybridized carbons (Fsp3) is 0.385. The van der Waals surface area contributed by atoms with Gasteiger partial charge in [-0.15, -0.1) is 23.1 Å². The largest absolute Gasteiger partial charge is 0.242 e. The van der Waals surface area contributed by atoms with Gasteiger partial charge in [-0.05, 0) is 37.8 Å². The predicted octanol–water partition coefficient (Wildman–Crippen LogP) is 3.79. The van der Waals surface area contributed by atoms with Crippen molar-refractivity contribution in [3.8, 4) is 6.07 Å². The monoisotopic (exact) mass is 262 g/mol. The summed E-state index contributed by atoms with van der Waals surface area (Å²) in [5, 5.41) is 10.3. The van der Waals surface area contributed by atoms with Gasteiger partial charge in [0.1, 0.15) is 4.75 Å². The smallest absolute Gasteiger partial charge is 0.103 e. The minimum atomic E-state index is -0.348. The van der Waals surface area contributed by atoms with Crippen molar-refractivity contribution in [1.29, 1.82) is 5.26 Å². The number of aromatic nitrogens is 1. The zero-order valence-electron chi connectivity index (χ0n) is 10.2. The fourth-order valence-corrected chi connectivity index (χ4v) is 2.95. The Balaban J connectivity index is 2.34. The van der Waals surface area contributed by atoms with Gasteiger partial charge in [0.2, 0.25) is 0 Å². The van der Waals surface area contributed by atoms with Crippen LogP contribution in [0.25, 0.3) is 10.2 Å². The zero-order chi connectivity index (χ0) is 12.5. The van der Waals surface area contributed by atoms with Crippen molar-refractivity contribution >= 4 is 33.3 Å². The van der Waals surface area contributed by atoms with Crippen molar-refractivity contribution in [2.45, 2.75) is 25.0 Å². The summed E-state index contributed by atoms with van der Waals surface area (Å²) in [6, 6.07) is 8.68. The lowest BCUT2D eigenvalue weighted by Gasteiger charge is -2.18. The molecule has 0 aliphatic rings. The highest BCUT2D eigenvalue weighted by molar-refractivity contribution is 8.00. The maximum absolute atomic E-state index is 9.18. The van der Waals surface area contributed by atoms with E-state index in [1.54, 1.807) is 23.1 Å². The third-order valence-electron chi connectivity index (χ3n) is 2.79. The molecule has 1 heterocycles. The topological polar surface area (TPSA) is 36.7 Å². The Morgan fingerprint density at radius 2 is 2.29 bits per heavy atom. The third kappa shape index (κ3) is 2.62. The summed E-state index contributed by atoms with van der Waals surface area (Å²) in [5.74, 6) is 0. The number of thiazole rings is 1. The molecule has 1 aromatic carbocycles. The van der Waals surface area contributed by atoms with Crippen molar-refractivity contribution in [2.24, 2.45) is 0 Å². The number of hydrogen-bond donors (Lipinski definition) is 0. The van der Waals surface area contributed by atoms with Crippen molar-refractivity contribution in [3.63, 3.8) is 0 Å². The molecule has 0 saturated carbocycles. The van der Waals surface area contributed by atoms with E-state index in [4.69, 9.17) is 0 Å². The molecule has 0 fully saturated rings. The summed E-state index contributed by atoms with van der Waals surface area (Å²) in [7, 11) is 0. The number of fused-ring (bicyclic) bond motifs is 1. The number of nitriles is 1. The molecule has 0 amide bonds. The predicted molar refractivity (Wildman–Crippen MR) is 75.6 cm³/mol. The van der Waals surface area contributed by atoms with Gasteiger partial charge in [0.05, 0.1) is 21.3 Å². The Hall–Kier alpha value is -1.05. The Kier molecular flexibility index (Phi) is 3.41. The molecule has 1 unspecified atom stereocenters. The van der Waals surface area contributed by atoms with Gasteiger partial charge in [-0.3, -0.25) is 0 Å². The maximum atomic E-state index is 9.18. The summed E-state index contributed by atoms with van der Waals surface area (Å²) >= 11 is 3.31. The van der Waals surface area contributed by atoms with Crippen LogP contribution in [-0.2, 0) is 6.42 Å². The van der Waals surface area contributed by atoms with Crippen LogP contribution >= 0.6 is 23.1 Å². The van der Waals surface area contributed by atoms with Gasteiger partial charge in [0, 0.05) is 6.42 Å². The molecule has 17 heavy (non-hydrogen) atoms. The van der Waals surface area contributed by atoms with Gasteiger partial charge >= 0.3 is 0 Å². The van der Waals surface area contributed by atoms with E-state index in [1.807, 2.05) is 20.1 Å². The second kappa shape index (κ2) is 4.67. The lowest BCUT2D eigenvalue weighted by atomic mass is 10.0. The van der Waals surface area contributed by atoms with Gasteiger partial charge < -0.3 is 0 Å². The first-order chi connectivity index (χ1) is 8.06. The average molecular weight is 262 g/mol. The molecule has 0 radical (unpaired) electrons. The van der Waals surface area contributed by atoms with E-state index in [0.717, 1.165) is 16.9 Å².